The van der Waals surface area contributed by atoms with E-state index in [2.05, 4.69) is 10.4 Å². The third-order valence-electron chi connectivity index (χ3n) is 3.92. The molecule has 0 fully saturated rings. The first-order valence-electron chi connectivity index (χ1n) is 7.81. The Balaban J connectivity index is 1.91. The van der Waals surface area contributed by atoms with Gasteiger partial charge in [0, 0.05) is 0 Å². The smallest absolute Gasteiger partial charge is 0.339 e. The Bertz CT molecular complexity index is 982. The van der Waals surface area contributed by atoms with Gasteiger partial charge in [0.15, 0.2) is 0 Å². The summed E-state index contributed by atoms with van der Waals surface area (Å²) in [6.07, 6.45) is 1.36. The molecule has 0 saturated heterocycles. The first-order valence-corrected chi connectivity index (χ1v) is 7.81. The number of aromatic nitrogens is 2. The summed E-state index contributed by atoms with van der Waals surface area (Å²) >= 11 is 0. The lowest BCUT2D eigenvalue weighted by Crippen LogP contribution is -2.16. The summed E-state index contributed by atoms with van der Waals surface area (Å²) in [5.41, 5.74) is 1.56. The van der Waals surface area contributed by atoms with Crippen LogP contribution in [0.3, 0.4) is 0 Å². The molecule has 2 aromatic carbocycles. The van der Waals surface area contributed by atoms with E-state index in [0.29, 0.717) is 11.4 Å². The van der Waals surface area contributed by atoms with Crippen molar-refractivity contribution in [2.75, 3.05) is 12.4 Å². The summed E-state index contributed by atoms with van der Waals surface area (Å²) < 4.78 is 20.1. The maximum absolute atomic E-state index is 14.0. The first kappa shape index (κ1) is 17.3. The molecule has 6 nitrogen and oxygen atoms in total. The lowest BCUT2D eigenvalue weighted by atomic mass is 10.1. The minimum atomic E-state index is -0.556. The topological polar surface area (TPSA) is 73.2 Å². The minimum absolute atomic E-state index is 0.238. The number of carbonyl (C=O) groups excluding carboxylic acids is 2. The number of esters is 1. The number of ether oxygens (including phenoxy) is 1. The highest BCUT2D eigenvalue weighted by molar-refractivity contribution is 6.08. The van der Waals surface area contributed by atoms with Gasteiger partial charge in [0.25, 0.3) is 5.91 Å². The molecule has 0 saturated carbocycles. The normalized spacial score (nSPS) is 10.4. The Morgan fingerprint density at radius 2 is 1.77 bits per heavy atom. The van der Waals surface area contributed by atoms with Gasteiger partial charge in [0.05, 0.1) is 35.8 Å². The third kappa shape index (κ3) is 3.19. The van der Waals surface area contributed by atoms with E-state index < -0.39 is 17.7 Å². The van der Waals surface area contributed by atoms with Gasteiger partial charge in [-0.15, -0.1) is 0 Å². The van der Waals surface area contributed by atoms with E-state index in [9.17, 15) is 14.0 Å². The number of anilines is 1. The Kier molecular flexibility index (Phi) is 4.79. The molecule has 3 rings (SSSR count). The Morgan fingerprint density at radius 3 is 2.50 bits per heavy atom. The van der Waals surface area contributed by atoms with E-state index in [1.807, 2.05) is 0 Å². The molecular formula is C19H16FN3O3. The van der Waals surface area contributed by atoms with Crippen LogP contribution in [0.2, 0.25) is 0 Å². The number of methoxy groups -OCH3 is 1. The summed E-state index contributed by atoms with van der Waals surface area (Å²) in [7, 11) is 1.27. The largest absolute Gasteiger partial charge is 0.465 e. The maximum atomic E-state index is 14.0. The van der Waals surface area contributed by atoms with Gasteiger partial charge in [-0.05, 0) is 31.2 Å². The molecular weight excluding hydrogens is 337 g/mol. The molecule has 0 atom stereocenters. The summed E-state index contributed by atoms with van der Waals surface area (Å²) in [6, 6.07) is 12.7. The van der Waals surface area contributed by atoms with Crippen LogP contribution in [0.1, 0.15) is 26.4 Å². The number of nitrogens with zero attached hydrogens (tertiary/aromatic N) is 2. The molecule has 1 heterocycles. The number of rotatable bonds is 4. The average molecular weight is 353 g/mol. The molecule has 0 aliphatic rings. The lowest BCUT2D eigenvalue weighted by molar-refractivity contribution is 0.0602. The predicted octanol–water partition coefficient (Wildman–Crippen LogP) is 3.36. The van der Waals surface area contributed by atoms with Crippen molar-refractivity contribution in [1.29, 1.82) is 0 Å². The van der Waals surface area contributed by atoms with Gasteiger partial charge in [-0.2, -0.15) is 5.10 Å². The van der Waals surface area contributed by atoms with Crippen LogP contribution in [-0.4, -0.2) is 28.8 Å². The molecule has 1 amide bonds. The van der Waals surface area contributed by atoms with Crippen LogP contribution in [-0.2, 0) is 4.74 Å². The van der Waals surface area contributed by atoms with E-state index in [-0.39, 0.29) is 16.8 Å². The minimum Gasteiger partial charge on any atom is -0.465 e. The highest BCUT2D eigenvalue weighted by Gasteiger charge is 2.19. The molecule has 132 valence electrons. The van der Waals surface area contributed by atoms with Crippen LogP contribution in [0.5, 0.6) is 0 Å². The van der Waals surface area contributed by atoms with Gasteiger partial charge in [0.1, 0.15) is 11.5 Å². The van der Waals surface area contributed by atoms with Gasteiger partial charge >= 0.3 is 5.97 Å². The summed E-state index contributed by atoms with van der Waals surface area (Å²) in [6.45, 7) is 1.67. The van der Waals surface area contributed by atoms with E-state index in [1.54, 1.807) is 49.4 Å². The fourth-order valence-electron chi connectivity index (χ4n) is 2.57. The Labute approximate surface area is 149 Å². The van der Waals surface area contributed by atoms with Crippen LogP contribution in [0.15, 0.2) is 54.7 Å². The van der Waals surface area contributed by atoms with Crippen molar-refractivity contribution in [3.63, 3.8) is 0 Å². The standard InChI is InChI=1S/C19H16FN3O3/c1-12-14(11-21-23(12)17-10-6-4-8-15(17)20)18(24)22-16-9-5-3-7-13(16)19(25)26-2/h3-11H,1-2H3,(H,22,24). The van der Waals surface area contributed by atoms with Crippen molar-refractivity contribution in [3.8, 4) is 5.69 Å². The molecule has 0 bridgehead atoms. The molecule has 1 N–H and O–H groups in total. The molecule has 26 heavy (non-hydrogen) atoms. The zero-order chi connectivity index (χ0) is 18.7. The van der Waals surface area contributed by atoms with Gasteiger partial charge in [0.2, 0.25) is 0 Å². The summed E-state index contributed by atoms with van der Waals surface area (Å²) in [5.74, 6) is -1.46. The van der Waals surface area contributed by atoms with Crippen LogP contribution in [0.25, 0.3) is 5.69 Å². The van der Waals surface area contributed by atoms with Crippen molar-refractivity contribution in [3.05, 3.63) is 77.4 Å². The first-order chi connectivity index (χ1) is 12.5. The van der Waals surface area contributed by atoms with E-state index in [4.69, 9.17) is 4.74 Å². The molecule has 1 aromatic heterocycles. The lowest BCUT2D eigenvalue weighted by Gasteiger charge is -2.10. The molecule has 7 heteroatoms. The fourth-order valence-corrected chi connectivity index (χ4v) is 2.57. The van der Waals surface area contributed by atoms with Crippen molar-refractivity contribution in [2.45, 2.75) is 6.92 Å². The van der Waals surface area contributed by atoms with Crippen molar-refractivity contribution >= 4 is 17.6 Å². The summed E-state index contributed by atoms with van der Waals surface area (Å²) in [4.78, 5) is 24.4. The Hall–Kier alpha value is -3.48. The highest BCUT2D eigenvalue weighted by Crippen LogP contribution is 2.20. The Morgan fingerprint density at radius 1 is 1.08 bits per heavy atom. The molecule has 0 unspecified atom stereocenters. The number of nitrogens with one attached hydrogen (secondary N) is 1. The molecule has 3 aromatic rings. The maximum Gasteiger partial charge on any atom is 0.339 e. The second-order valence-electron chi connectivity index (χ2n) is 5.50. The number of para-hydroxylation sites is 2. The van der Waals surface area contributed by atoms with Crippen LogP contribution in [0, 0.1) is 12.7 Å². The second-order valence-corrected chi connectivity index (χ2v) is 5.50. The van der Waals surface area contributed by atoms with Crippen LogP contribution < -0.4 is 5.32 Å². The van der Waals surface area contributed by atoms with Gasteiger partial charge in [-0.25, -0.2) is 13.9 Å². The average Bonchev–Trinajstić information content (AvgIpc) is 3.03. The second kappa shape index (κ2) is 7.18. The van der Waals surface area contributed by atoms with Crippen molar-refractivity contribution in [2.24, 2.45) is 0 Å². The van der Waals surface area contributed by atoms with Gasteiger partial charge in [-0.3, -0.25) is 4.79 Å². The third-order valence-corrected chi connectivity index (χ3v) is 3.92. The van der Waals surface area contributed by atoms with Crippen molar-refractivity contribution in [1.82, 2.24) is 9.78 Å². The van der Waals surface area contributed by atoms with E-state index in [1.165, 1.54) is 24.1 Å². The zero-order valence-electron chi connectivity index (χ0n) is 14.2. The monoisotopic (exact) mass is 353 g/mol. The number of halogens is 1. The van der Waals surface area contributed by atoms with Crippen molar-refractivity contribution < 1.29 is 18.7 Å². The van der Waals surface area contributed by atoms with E-state index >= 15 is 0 Å². The quantitative estimate of drug-likeness (QED) is 0.730. The molecule has 0 radical (unpaired) electrons. The number of hydrogen-bond donors (Lipinski definition) is 1. The highest BCUT2D eigenvalue weighted by atomic mass is 19.1. The zero-order valence-corrected chi connectivity index (χ0v) is 14.2. The van der Waals surface area contributed by atoms with E-state index in [0.717, 1.165) is 0 Å². The fraction of sp³-hybridized carbons (Fsp3) is 0.105. The van der Waals surface area contributed by atoms with Gasteiger partial charge in [-0.1, -0.05) is 24.3 Å². The summed E-state index contributed by atoms with van der Waals surface area (Å²) in [5, 5.41) is 6.78. The van der Waals surface area contributed by atoms with Gasteiger partial charge < -0.3 is 10.1 Å². The molecule has 0 aliphatic carbocycles. The number of carbonyl (C=O) groups is 2. The number of amides is 1. The predicted molar refractivity (Wildman–Crippen MR) is 94.0 cm³/mol. The SMILES string of the molecule is COC(=O)c1ccccc1NC(=O)c1cnn(-c2ccccc2F)c1C. The molecule has 0 aliphatic heterocycles. The number of hydrogen-bond acceptors (Lipinski definition) is 4. The molecule has 0 spiro atoms. The van der Waals surface area contributed by atoms with Crippen LogP contribution in [0.4, 0.5) is 10.1 Å². The van der Waals surface area contributed by atoms with Crippen LogP contribution >= 0.6 is 0 Å². The number of benzene rings is 2.